The molecule has 0 aliphatic heterocycles. The molecular weight excluding hydrogens is 264 g/mol. The van der Waals surface area contributed by atoms with Crippen LogP contribution in [0.1, 0.15) is 48.9 Å². The van der Waals surface area contributed by atoms with Crippen LogP contribution in [0.15, 0.2) is 12.3 Å². The van der Waals surface area contributed by atoms with Gasteiger partial charge in [-0.3, -0.25) is 4.79 Å². The summed E-state index contributed by atoms with van der Waals surface area (Å²) < 4.78 is 0. The minimum atomic E-state index is -0.470. The van der Waals surface area contributed by atoms with Gasteiger partial charge in [0.05, 0.1) is 17.4 Å². The molecule has 4 bridgehead atoms. The number of rotatable bonds is 3. The Morgan fingerprint density at radius 1 is 1.19 bits per heavy atom. The molecular formula is C16H22N4O. The molecule has 1 aromatic rings. The highest BCUT2D eigenvalue weighted by Crippen LogP contribution is 2.56. The number of nitrogens with one attached hydrogen (secondary N) is 1. The molecule has 4 fully saturated rings. The topological polar surface area (TPSA) is 94.0 Å². The average Bonchev–Trinajstić information content (AvgIpc) is 2.38. The Kier molecular flexibility index (Phi) is 2.68. The summed E-state index contributed by atoms with van der Waals surface area (Å²) in [5.74, 6) is 2.67. The summed E-state index contributed by atoms with van der Waals surface area (Å²) in [5, 5.41) is 3.60. The number of pyridine rings is 1. The number of carbonyl (C=O) groups excluding carboxylic acids is 1. The van der Waals surface area contributed by atoms with Gasteiger partial charge in [0.1, 0.15) is 5.82 Å². The number of primary amides is 1. The molecule has 5 N–H and O–H groups in total. The van der Waals surface area contributed by atoms with E-state index in [1.54, 1.807) is 12.3 Å². The summed E-state index contributed by atoms with van der Waals surface area (Å²) in [7, 11) is 0. The number of aromatic nitrogens is 1. The Balaban J connectivity index is 1.66. The highest BCUT2D eigenvalue weighted by Gasteiger charge is 2.51. The fourth-order valence-corrected chi connectivity index (χ4v) is 5.28. The third-order valence-electron chi connectivity index (χ3n) is 5.60. The molecule has 0 spiro atoms. The first-order valence-corrected chi connectivity index (χ1v) is 7.86. The van der Waals surface area contributed by atoms with E-state index in [1.165, 1.54) is 38.5 Å². The summed E-state index contributed by atoms with van der Waals surface area (Å²) in [6.45, 7) is 0. The van der Waals surface area contributed by atoms with Crippen LogP contribution in [0.5, 0.6) is 0 Å². The van der Waals surface area contributed by atoms with Gasteiger partial charge in [0.25, 0.3) is 5.91 Å². The van der Waals surface area contributed by atoms with Gasteiger partial charge in [-0.15, -0.1) is 0 Å². The van der Waals surface area contributed by atoms with Crippen LogP contribution in [0.3, 0.4) is 0 Å². The van der Waals surface area contributed by atoms with Gasteiger partial charge in [-0.1, -0.05) is 0 Å². The SMILES string of the molecule is NC(=O)c1cc(N)cnc1NC12CC3CC(CC(C3)C1)C2. The van der Waals surface area contributed by atoms with Crippen molar-refractivity contribution in [3.8, 4) is 0 Å². The van der Waals surface area contributed by atoms with Crippen molar-refractivity contribution >= 4 is 17.4 Å². The minimum absolute atomic E-state index is 0.113. The summed E-state index contributed by atoms with van der Waals surface area (Å²) in [5.41, 5.74) is 12.2. The molecule has 0 saturated heterocycles. The van der Waals surface area contributed by atoms with E-state index in [0.717, 1.165) is 17.8 Å². The predicted molar refractivity (Wildman–Crippen MR) is 81.7 cm³/mol. The first-order chi connectivity index (χ1) is 10.0. The molecule has 0 aromatic carbocycles. The monoisotopic (exact) mass is 286 g/mol. The molecule has 0 unspecified atom stereocenters. The molecule has 1 aromatic heterocycles. The third-order valence-corrected chi connectivity index (χ3v) is 5.60. The van der Waals surface area contributed by atoms with Crippen molar-refractivity contribution in [3.05, 3.63) is 17.8 Å². The molecule has 4 aliphatic rings. The maximum Gasteiger partial charge on any atom is 0.252 e. The molecule has 5 nitrogen and oxygen atoms in total. The fraction of sp³-hybridized carbons (Fsp3) is 0.625. The zero-order valence-electron chi connectivity index (χ0n) is 12.1. The Morgan fingerprint density at radius 2 is 1.76 bits per heavy atom. The van der Waals surface area contributed by atoms with Crippen molar-refractivity contribution in [3.63, 3.8) is 0 Å². The van der Waals surface area contributed by atoms with Crippen LogP contribution in [0, 0.1) is 17.8 Å². The Hall–Kier alpha value is -1.78. The normalized spacial score (nSPS) is 36.7. The summed E-state index contributed by atoms with van der Waals surface area (Å²) in [4.78, 5) is 16.0. The largest absolute Gasteiger partial charge is 0.397 e. The fourth-order valence-electron chi connectivity index (χ4n) is 5.28. The number of nitrogens with two attached hydrogens (primary N) is 2. The number of nitrogen functional groups attached to an aromatic ring is 1. The standard InChI is InChI=1S/C16H22N4O/c17-12-4-13(14(18)21)15(19-8-12)20-16-5-9-1-10(6-16)3-11(2-9)7-16/h4,8-11H,1-3,5-7,17H2,(H2,18,21)(H,19,20). The van der Waals surface area contributed by atoms with Crippen LogP contribution in [0.4, 0.5) is 11.5 Å². The predicted octanol–water partition coefficient (Wildman–Crippen LogP) is 2.14. The van der Waals surface area contributed by atoms with Crippen LogP contribution in [-0.2, 0) is 0 Å². The summed E-state index contributed by atoms with van der Waals surface area (Å²) >= 11 is 0. The molecule has 0 radical (unpaired) electrons. The number of anilines is 2. The molecule has 4 aliphatic carbocycles. The lowest BCUT2D eigenvalue weighted by atomic mass is 9.53. The van der Waals surface area contributed by atoms with E-state index in [-0.39, 0.29) is 5.54 Å². The molecule has 5 rings (SSSR count). The Bertz CT molecular complexity index is 563. The van der Waals surface area contributed by atoms with Crippen LogP contribution >= 0.6 is 0 Å². The lowest BCUT2D eigenvalue weighted by molar-refractivity contribution is 0.0105. The van der Waals surface area contributed by atoms with E-state index in [1.807, 2.05) is 0 Å². The number of amides is 1. The van der Waals surface area contributed by atoms with Gasteiger partial charge in [0.2, 0.25) is 0 Å². The van der Waals surface area contributed by atoms with Gasteiger partial charge in [-0.2, -0.15) is 0 Å². The van der Waals surface area contributed by atoms with E-state index < -0.39 is 5.91 Å². The van der Waals surface area contributed by atoms with E-state index in [9.17, 15) is 4.79 Å². The van der Waals surface area contributed by atoms with Gasteiger partial charge in [0.15, 0.2) is 0 Å². The zero-order chi connectivity index (χ0) is 14.6. The zero-order valence-corrected chi connectivity index (χ0v) is 12.1. The minimum Gasteiger partial charge on any atom is -0.397 e. The van der Waals surface area contributed by atoms with Gasteiger partial charge < -0.3 is 16.8 Å². The van der Waals surface area contributed by atoms with Crippen molar-refractivity contribution in [2.75, 3.05) is 11.1 Å². The Labute approximate surface area is 124 Å². The average molecular weight is 286 g/mol. The lowest BCUT2D eigenvalue weighted by Crippen LogP contribution is -2.55. The molecule has 21 heavy (non-hydrogen) atoms. The highest BCUT2D eigenvalue weighted by atomic mass is 16.1. The van der Waals surface area contributed by atoms with Crippen molar-refractivity contribution in [2.45, 2.75) is 44.1 Å². The van der Waals surface area contributed by atoms with Crippen LogP contribution in [-0.4, -0.2) is 16.4 Å². The van der Waals surface area contributed by atoms with Crippen molar-refractivity contribution in [1.82, 2.24) is 4.98 Å². The van der Waals surface area contributed by atoms with Gasteiger partial charge in [-0.25, -0.2) is 4.98 Å². The molecule has 112 valence electrons. The molecule has 5 heteroatoms. The molecule has 4 saturated carbocycles. The van der Waals surface area contributed by atoms with Crippen molar-refractivity contribution in [1.29, 1.82) is 0 Å². The van der Waals surface area contributed by atoms with Crippen LogP contribution in [0.25, 0.3) is 0 Å². The van der Waals surface area contributed by atoms with Gasteiger partial charge in [-0.05, 0) is 62.3 Å². The third kappa shape index (κ3) is 2.15. The van der Waals surface area contributed by atoms with E-state index >= 15 is 0 Å². The highest BCUT2D eigenvalue weighted by molar-refractivity contribution is 5.98. The number of hydrogen-bond donors (Lipinski definition) is 3. The quantitative estimate of drug-likeness (QED) is 0.793. The second kappa shape index (κ2) is 4.36. The summed E-state index contributed by atoms with van der Waals surface area (Å²) in [6.07, 6.45) is 9.35. The number of hydrogen-bond acceptors (Lipinski definition) is 4. The van der Waals surface area contributed by atoms with Crippen molar-refractivity contribution in [2.24, 2.45) is 23.5 Å². The summed E-state index contributed by atoms with van der Waals surface area (Å²) in [6, 6.07) is 1.62. The van der Waals surface area contributed by atoms with Gasteiger partial charge >= 0.3 is 0 Å². The second-order valence-electron chi connectivity index (χ2n) is 7.35. The first-order valence-electron chi connectivity index (χ1n) is 7.86. The second-order valence-corrected chi connectivity index (χ2v) is 7.35. The van der Waals surface area contributed by atoms with E-state index in [0.29, 0.717) is 17.1 Å². The van der Waals surface area contributed by atoms with Crippen LogP contribution in [0.2, 0.25) is 0 Å². The molecule has 0 atom stereocenters. The first kappa shape index (κ1) is 12.9. The van der Waals surface area contributed by atoms with E-state index in [4.69, 9.17) is 11.5 Å². The van der Waals surface area contributed by atoms with Gasteiger partial charge in [0, 0.05) is 5.54 Å². The van der Waals surface area contributed by atoms with Crippen molar-refractivity contribution < 1.29 is 4.79 Å². The number of carbonyl (C=O) groups is 1. The number of nitrogens with zero attached hydrogens (tertiary/aromatic N) is 1. The maximum atomic E-state index is 11.6. The lowest BCUT2D eigenvalue weighted by Gasteiger charge is -2.57. The van der Waals surface area contributed by atoms with E-state index in [2.05, 4.69) is 10.3 Å². The molecule has 1 amide bonds. The molecule has 1 heterocycles. The van der Waals surface area contributed by atoms with Crippen LogP contribution < -0.4 is 16.8 Å². The maximum absolute atomic E-state index is 11.6. The Morgan fingerprint density at radius 3 is 2.29 bits per heavy atom. The smallest absolute Gasteiger partial charge is 0.252 e.